The van der Waals surface area contributed by atoms with Crippen LogP contribution in [-0.2, 0) is 11.3 Å². The molecule has 21 heavy (non-hydrogen) atoms. The number of carbonyl (C=O) groups is 1. The molecule has 3 atom stereocenters. The summed E-state index contributed by atoms with van der Waals surface area (Å²) in [6.07, 6.45) is 8.71. The molecule has 3 nitrogen and oxygen atoms in total. The van der Waals surface area contributed by atoms with E-state index in [0.29, 0.717) is 0 Å². The van der Waals surface area contributed by atoms with Crippen LogP contribution in [0, 0.1) is 17.8 Å². The van der Waals surface area contributed by atoms with Gasteiger partial charge in [-0.3, -0.25) is 0 Å². The van der Waals surface area contributed by atoms with Crippen LogP contribution in [-0.4, -0.2) is 29.6 Å². The number of hydrogen-bond acceptors (Lipinski definition) is 3. The minimum absolute atomic E-state index is 0.881. The normalized spacial score (nSPS) is 28.0. The van der Waals surface area contributed by atoms with E-state index in [0.717, 1.165) is 29.9 Å². The van der Waals surface area contributed by atoms with Gasteiger partial charge in [-0.25, -0.2) is 4.79 Å². The third kappa shape index (κ3) is 3.55. The number of carboxylic acid groups (broad SMARTS) is 1. The number of carboxylic acids is 1. The minimum Gasteiger partial charge on any atom is -0.478 e. The highest BCUT2D eigenvalue weighted by Gasteiger charge is 2.39. The molecule has 1 N–H and O–H groups in total. The minimum atomic E-state index is -0.887. The molecule has 2 aliphatic rings. The molecule has 0 aromatic carbocycles. The summed E-state index contributed by atoms with van der Waals surface area (Å²) >= 11 is 1.72. The zero-order chi connectivity index (χ0) is 14.8. The van der Waals surface area contributed by atoms with Crippen LogP contribution >= 0.6 is 11.3 Å². The molecule has 2 aliphatic carbocycles. The Morgan fingerprint density at radius 2 is 2.33 bits per heavy atom. The van der Waals surface area contributed by atoms with Gasteiger partial charge < -0.3 is 10.0 Å². The Balaban J connectivity index is 1.56. The average molecular weight is 305 g/mol. The number of fused-ring (bicyclic) bond motifs is 2. The van der Waals surface area contributed by atoms with Crippen molar-refractivity contribution < 1.29 is 9.90 Å². The van der Waals surface area contributed by atoms with Crippen LogP contribution in [0.4, 0.5) is 0 Å². The molecule has 3 rings (SSSR count). The first-order valence-corrected chi connectivity index (χ1v) is 8.65. The Labute approximate surface area is 130 Å². The Morgan fingerprint density at radius 1 is 1.48 bits per heavy atom. The lowest BCUT2D eigenvalue weighted by Gasteiger charge is -2.27. The van der Waals surface area contributed by atoms with E-state index in [1.807, 2.05) is 11.4 Å². The molecule has 1 aromatic rings. The lowest BCUT2D eigenvalue weighted by Crippen LogP contribution is -2.28. The highest BCUT2D eigenvalue weighted by atomic mass is 32.1. The number of nitrogens with zero attached hydrogens (tertiary/aromatic N) is 1. The second kappa shape index (κ2) is 6.32. The van der Waals surface area contributed by atoms with Gasteiger partial charge in [-0.1, -0.05) is 6.42 Å². The first kappa shape index (κ1) is 14.8. The monoisotopic (exact) mass is 305 g/mol. The molecule has 0 saturated heterocycles. The summed E-state index contributed by atoms with van der Waals surface area (Å²) in [5, 5.41) is 10.8. The van der Waals surface area contributed by atoms with E-state index >= 15 is 0 Å². The van der Waals surface area contributed by atoms with Crippen LogP contribution in [0.2, 0.25) is 0 Å². The fourth-order valence-electron chi connectivity index (χ4n) is 4.10. The van der Waals surface area contributed by atoms with Crippen molar-refractivity contribution in [2.75, 3.05) is 13.6 Å². The van der Waals surface area contributed by atoms with Crippen LogP contribution in [0.3, 0.4) is 0 Å². The van der Waals surface area contributed by atoms with Gasteiger partial charge in [-0.05, 0) is 67.1 Å². The summed E-state index contributed by atoms with van der Waals surface area (Å²) in [7, 11) is 2.19. The Morgan fingerprint density at radius 3 is 3.00 bits per heavy atom. The third-order valence-corrected chi connectivity index (χ3v) is 5.95. The Bertz CT molecular complexity index is 537. The van der Waals surface area contributed by atoms with Crippen LogP contribution in [0.25, 0.3) is 6.08 Å². The molecular formula is C17H23NO2S. The van der Waals surface area contributed by atoms with Crippen molar-refractivity contribution in [3.8, 4) is 0 Å². The molecule has 1 heterocycles. The van der Waals surface area contributed by atoms with E-state index in [4.69, 9.17) is 5.11 Å². The highest BCUT2D eigenvalue weighted by molar-refractivity contribution is 7.10. The number of thiophene rings is 1. The van der Waals surface area contributed by atoms with Crippen molar-refractivity contribution >= 4 is 23.4 Å². The highest BCUT2D eigenvalue weighted by Crippen LogP contribution is 2.48. The van der Waals surface area contributed by atoms with Crippen LogP contribution < -0.4 is 0 Å². The van der Waals surface area contributed by atoms with Crippen LogP contribution in [0.1, 0.15) is 36.1 Å². The van der Waals surface area contributed by atoms with Gasteiger partial charge in [-0.15, -0.1) is 11.3 Å². The molecule has 2 bridgehead atoms. The quantitative estimate of drug-likeness (QED) is 0.814. The van der Waals surface area contributed by atoms with Crippen molar-refractivity contribution in [2.45, 2.75) is 32.2 Å². The van der Waals surface area contributed by atoms with E-state index in [1.165, 1.54) is 43.2 Å². The summed E-state index contributed by atoms with van der Waals surface area (Å²) in [5.74, 6) is 1.96. The number of hydrogen-bond donors (Lipinski definition) is 1. The maximum atomic E-state index is 10.6. The summed E-state index contributed by atoms with van der Waals surface area (Å²) in [6.45, 7) is 2.10. The third-order valence-electron chi connectivity index (χ3n) is 5.03. The fraction of sp³-hybridized carbons (Fsp3) is 0.588. The predicted molar refractivity (Wildman–Crippen MR) is 86.3 cm³/mol. The van der Waals surface area contributed by atoms with Crippen molar-refractivity contribution in [1.82, 2.24) is 4.90 Å². The van der Waals surface area contributed by atoms with Gasteiger partial charge >= 0.3 is 5.97 Å². The first-order chi connectivity index (χ1) is 10.1. The number of rotatable bonds is 6. The maximum absolute atomic E-state index is 10.6. The van der Waals surface area contributed by atoms with Gasteiger partial charge in [0.15, 0.2) is 0 Å². The zero-order valence-electron chi connectivity index (χ0n) is 12.5. The van der Waals surface area contributed by atoms with E-state index in [1.54, 1.807) is 17.4 Å². The first-order valence-electron chi connectivity index (χ1n) is 7.77. The van der Waals surface area contributed by atoms with E-state index in [-0.39, 0.29) is 0 Å². The molecule has 2 saturated carbocycles. The largest absolute Gasteiger partial charge is 0.478 e. The summed E-state index contributed by atoms with van der Waals surface area (Å²) in [6, 6.07) is 2.00. The predicted octanol–water partition coefficient (Wildman–Crippen LogP) is 3.71. The van der Waals surface area contributed by atoms with Crippen molar-refractivity contribution in [1.29, 1.82) is 0 Å². The van der Waals surface area contributed by atoms with Gasteiger partial charge in [0.1, 0.15) is 0 Å². The SMILES string of the molecule is CN(Cc1sccc1C=CC(=O)O)CC1CC2CCC1C2. The van der Waals surface area contributed by atoms with Gasteiger partial charge in [0.2, 0.25) is 0 Å². The average Bonchev–Trinajstić information content (AvgIpc) is 3.12. The lowest BCUT2D eigenvalue weighted by atomic mass is 9.88. The summed E-state index contributed by atoms with van der Waals surface area (Å²) in [4.78, 5) is 14.3. The summed E-state index contributed by atoms with van der Waals surface area (Å²) < 4.78 is 0. The van der Waals surface area contributed by atoms with E-state index in [2.05, 4.69) is 11.9 Å². The van der Waals surface area contributed by atoms with Crippen molar-refractivity contribution in [3.05, 3.63) is 28.0 Å². The molecule has 114 valence electrons. The molecule has 0 amide bonds. The number of aliphatic carboxylic acids is 1. The second-order valence-electron chi connectivity index (χ2n) is 6.60. The maximum Gasteiger partial charge on any atom is 0.328 e. The van der Waals surface area contributed by atoms with Gasteiger partial charge in [0.05, 0.1) is 0 Å². The summed E-state index contributed by atoms with van der Waals surface area (Å²) in [5.41, 5.74) is 1.04. The van der Waals surface area contributed by atoms with Crippen LogP contribution in [0.15, 0.2) is 17.5 Å². The van der Waals surface area contributed by atoms with Gasteiger partial charge in [-0.2, -0.15) is 0 Å². The molecule has 3 unspecified atom stereocenters. The molecule has 2 fully saturated rings. The fourth-order valence-corrected chi connectivity index (χ4v) is 5.04. The molecule has 0 spiro atoms. The topological polar surface area (TPSA) is 40.5 Å². The molecule has 1 aromatic heterocycles. The van der Waals surface area contributed by atoms with Crippen molar-refractivity contribution in [3.63, 3.8) is 0 Å². The van der Waals surface area contributed by atoms with Crippen LogP contribution in [0.5, 0.6) is 0 Å². The van der Waals surface area contributed by atoms with Crippen molar-refractivity contribution in [2.24, 2.45) is 17.8 Å². The van der Waals surface area contributed by atoms with Gasteiger partial charge in [0.25, 0.3) is 0 Å². The van der Waals surface area contributed by atoms with Gasteiger partial charge in [0, 0.05) is 24.0 Å². The Kier molecular flexibility index (Phi) is 4.45. The smallest absolute Gasteiger partial charge is 0.328 e. The standard InChI is InChI=1S/C17H23NO2S/c1-18(10-15-9-12-2-3-14(15)8-12)11-16-13(6-7-21-16)4-5-17(19)20/h4-7,12,14-15H,2-3,8-11H2,1H3,(H,19,20). The molecule has 4 heteroatoms. The Hall–Kier alpha value is -1.13. The molecule has 0 radical (unpaired) electrons. The van der Waals surface area contributed by atoms with E-state index < -0.39 is 5.97 Å². The molecule has 0 aliphatic heterocycles. The van der Waals surface area contributed by atoms with E-state index in [9.17, 15) is 4.79 Å². The zero-order valence-corrected chi connectivity index (χ0v) is 13.3. The lowest BCUT2D eigenvalue weighted by molar-refractivity contribution is -0.131. The second-order valence-corrected chi connectivity index (χ2v) is 7.60. The molecular weight excluding hydrogens is 282 g/mol.